The number of rotatable bonds is 2. The van der Waals surface area contributed by atoms with Crippen molar-refractivity contribution in [1.82, 2.24) is 9.80 Å². The summed E-state index contributed by atoms with van der Waals surface area (Å²) >= 11 is 4.95. The monoisotopic (exact) mass is 342 g/mol. The molecule has 0 spiro atoms. The maximum Gasteiger partial charge on any atom is 0.264 e. The Morgan fingerprint density at radius 2 is 1.84 bits per heavy atom. The minimum Gasteiger partial charge on any atom is -0.335 e. The van der Waals surface area contributed by atoms with E-state index in [9.17, 15) is 4.79 Å². The largest absolute Gasteiger partial charge is 0.335 e. The molecule has 0 atom stereocenters. The molecule has 0 unspecified atom stereocenters. The molecule has 0 aromatic carbocycles. The predicted octanol–water partition coefficient (Wildman–Crippen LogP) is 3.21. The zero-order valence-corrected chi connectivity index (χ0v) is 13.4. The smallest absolute Gasteiger partial charge is 0.264 e. The Bertz CT molecular complexity index is 448. The van der Waals surface area contributed by atoms with Crippen molar-refractivity contribution in [3.63, 3.8) is 0 Å². The van der Waals surface area contributed by atoms with Gasteiger partial charge in [0, 0.05) is 32.2 Å². The third-order valence-electron chi connectivity index (χ3n) is 4.23. The number of halogens is 1. The minimum atomic E-state index is 0.196. The molecule has 2 heterocycles. The molecule has 0 N–H and O–H groups in total. The van der Waals surface area contributed by atoms with Crippen molar-refractivity contribution in [2.24, 2.45) is 0 Å². The summed E-state index contributed by atoms with van der Waals surface area (Å²) in [7, 11) is 0. The second-order valence-corrected chi connectivity index (χ2v) is 7.83. The molecule has 5 heteroatoms. The lowest BCUT2D eigenvalue weighted by atomic mass is 10.2. The molecule has 3 rings (SSSR count). The third-order valence-corrected chi connectivity index (χ3v) is 5.84. The van der Waals surface area contributed by atoms with Crippen molar-refractivity contribution in [2.45, 2.75) is 31.7 Å². The minimum absolute atomic E-state index is 0.196. The fourth-order valence-electron chi connectivity index (χ4n) is 3.14. The van der Waals surface area contributed by atoms with Crippen LogP contribution in [0.15, 0.2) is 15.9 Å². The summed E-state index contributed by atoms with van der Waals surface area (Å²) in [5, 5.41) is 0. The first-order chi connectivity index (χ1) is 9.24. The van der Waals surface area contributed by atoms with E-state index in [1.807, 2.05) is 17.0 Å². The van der Waals surface area contributed by atoms with Gasteiger partial charge in [-0.25, -0.2) is 0 Å². The summed E-state index contributed by atoms with van der Waals surface area (Å²) in [6, 6.07) is 4.65. The van der Waals surface area contributed by atoms with Gasteiger partial charge in [0.05, 0.1) is 8.66 Å². The average molecular weight is 343 g/mol. The van der Waals surface area contributed by atoms with Crippen LogP contribution in [-0.2, 0) is 0 Å². The van der Waals surface area contributed by atoms with Gasteiger partial charge in [-0.05, 0) is 40.9 Å². The van der Waals surface area contributed by atoms with E-state index < -0.39 is 0 Å². The molecule has 0 radical (unpaired) electrons. The number of hydrogen-bond donors (Lipinski definition) is 0. The van der Waals surface area contributed by atoms with E-state index in [4.69, 9.17) is 0 Å². The summed E-state index contributed by atoms with van der Waals surface area (Å²) in [4.78, 5) is 17.8. The number of carbonyl (C=O) groups is 1. The van der Waals surface area contributed by atoms with Gasteiger partial charge >= 0.3 is 0 Å². The van der Waals surface area contributed by atoms with E-state index in [1.165, 1.54) is 37.0 Å². The Balaban J connectivity index is 1.56. The van der Waals surface area contributed by atoms with Crippen LogP contribution in [0.25, 0.3) is 0 Å². The highest BCUT2D eigenvalue weighted by Gasteiger charge is 2.28. The second kappa shape index (κ2) is 5.94. The van der Waals surface area contributed by atoms with Crippen LogP contribution in [0.1, 0.15) is 35.4 Å². The zero-order chi connectivity index (χ0) is 13.2. The normalized spacial score (nSPS) is 22.1. The number of hydrogen-bond acceptors (Lipinski definition) is 3. The van der Waals surface area contributed by atoms with Gasteiger partial charge in [-0.2, -0.15) is 0 Å². The molecule has 1 saturated carbocycles. The molecule has 104 valence electrons. The summed E-state index contributed by atoms with van der Waals surface area (Å²) < 4.78 is 1.03. The van der Waals surface area contributed by atoms with Crippen LogP contribution in [-0.4, -0.2) is 47.9 Å². The number of carbonyl (C=O) groups excluding carboxylic acids is 1. The first kappa shape index (κ1) is 13.6. The van der Waals surface area contributed by atoms with E-state index in [0.717, 1.165) is 40.9 Å². The number of amides is 1. The van der Waals surface area contributed by atoms with Gasteiger partial charge in [-0.3, -0.25) is 9.69 Å². The SMILES string of the molecule is O=C(c1ccc(Br)s1)N1CCN(C2CCCC2)CC1. The van der Waals surface area contributed by atoms with Crippen molar-refractivity contribution in [3.8, 4) is 0 Å². The van der Waals surface area contributed by atoms with Gasteiger partial charge < -0.3 is 4.90 Å². The second-order valence-electron chi connectivity index (χ2n) is 5.37. The summed E-state index contributed by atoms with van der Waals surface area (Å²) in [6.45, 7) is 3.85. The molecule has 1 aromatic heterocycles. The Kier molecular flexibility index (Phi) is 4.24. The molecule has 1 amide bonds. The van der Waals surface area contributed by atoms with Gasteiger partial charge in [0.25, 0.3) is 5.91 Å². The third kappa shape index (κ3) is 3.03. The molecule has 2 aliphatic rings. The van der Waals surface area contributed by atoms with E-state index in [1.54, 1.807) is 0 Å². The summed E-state index contributed by atoms with van der Waals surface area (Å²) in [5.74, 6) is 0.196. The van der Waals surface area contributed by atoms with Crippen LogP contribution in [0.4, 0.5) is 0 Å². The summed E-state index contributed by atoms with van der Waals surface area (Å²) in [5.41, 5.74) is 0. The Morgan fingerprint density at radius 3 is 2.42 bits per heavy atom. The van der Waals surface area contributed by atoms with Crippen LogP contribution >= 0.6 is 27.3 Å². The van der Waals surface area contributed by atoms with Gasteiger partial charge in [-0.1, -0.05) is 12.8 Å². The molecular weight excluding hydrogens is 324 g/mol. The quantitative estimate of drug-likeness (QED) is 0.823. The fraction of sp³-hybridized carbons (Fsp3) is 0.643. The van der Waals surface area contributed by atoms with Crippen molar-refractivity contribution >= 4 is 33.2 Å². The van der Waals surface area contributed by atoms with Crippen molar-refractivity contribution < 1.29 is 4.79 Å². The van der Waals surface area contributed by atoms with E-state index in [-0.39, 0.29) is 5.91 Å². The standard InChI is InChI=1S/C14H19BrN2OS/c15-13-6-5-12(19-13)14(18)17-9-7-16(8-10-17)11-3-1-2-4-11/h5-6,11H,1-4,7-10H2. The average Bonchev–Trinajstić information content (AvgIpc) is 3.09. The molecule has 2 fully saturated rings. The predicted molar refractivity (Wildman–Crippen MR) is 81.8 cm³/mol. The van der Waals surface area contributed by atoms with Crippen LogP contribution in [0, 0.1) is 0 Å². The van der Waals surface area contributed by atoms with Crippen molar-refractivity contribution in [1.29, 1.82) is 0 Å². The molecule has 0 bridgehead atoms. The van der Waals surface area contributed by atoms with Crippen LogP contribution in [0.5, 0.6) is 0 Å². The van der Waals surface area contributed by atoms with Gasteiger partial charge in [0.15, 0.2) is 0 Å². The zero-order valence-electron chi connectivity index (χ0n) is 11.0. The number of piperazine rings is 1. The first-order valence-electron chi connectivity index (χ1n) is 7.03. The van der Waals surface area contributed by atoms with Crippen molar-refractivity contribution in [3.05, 3.63) is 20.8 Å². The van der Waals surface area contributed by atoms with E-state index in [0.29, 0.717) is 0 Å². The summed E-state index contributed by atoms with van der Waals surface area (Å²) in [6.07, 6.45) is 5.47. The Hall–Kier alpha value is -0.390. The molecule has 1 aliphatic carbocycles. The molecule has 1 aliphatic heterocycles. The van der Waals surface area contributed by atoms with Crippen LogP contribution in [0.2, 0.25) is 0 Å². The van der Waals surface area contributed by atoms with Gasteiger partial charge in [-0.15, -0.1) is 11.3 Å². The molecule has 3 nitrogen and oxygen atoms in total. The maximum atomic E-state index is 12.3. The molecule has 1 saturated heterocycles. The van der Waals surface area contributed by atoms with Crippen LogP contribution in [0.3, 0.4) is 0 Å². The lowest BCUT2D eigenvalue weighted by Crippen LogP contribution is -2.51. The van der Waals surface area contributed by atoms with Gasteiger partial charge in [0.2, 0.25) is 0 Å². The molecular formula is C14H19BrN2OS. The lowest BCUT2D eigenvalue weighted by Gasteiger charge is -2.37. The lowest BCUT2D eigenvalue weighted by molar-refractivity contribution is 0.0578. The topological polar surface area (TPSA) is 23.6 Å². The number of nitrogens with zero attached hydrogens (tertiary/aromatic N) is 2. The van der Waals surface area contributed by atoms with Gasteiger partial charge in [0.1, 0.15) is 0 Å². The molecule has 19 heavy (non-hydrogen) atoms. The fourth-order valence-corrected chi connectivity index (χ4v) is 4.50. The maximum absolute atomic E-state index is 12.3. The number of thiophene rings is 1. The van der Waals surface area contributed by atoms with Crippen molar-refractivity contribution in [2.75, 3.05) is 26.2 Å². The van der Waals surface area contributed by atoms with E-state index >= 15 is 0 Å². The highest BCUT2D eigenvalue weighted by molar-refractivity contribution is 9.11. The van der Waals surface area contributed by atoms with E-state index in [2.05, 4.69) is 20.8 Å². The van der Waals surface area contributed by atoms with Crippen LogP contribution < -0.4 is 0 Å². The Morgan fingerprint density at radius 1 is 1.16 bits per heavy atom. The Labute approximate surface area is 126 Å². The highest BCUT2D eigenvalue weighted by atomic mass is 79.9. The molecule has 1 aromatic rings. The first-order valence-corrected chi connectivity index (χ1v) is 8.63. The highest BCUT2D eigenvalue weighted by Crippen LogP contribution is 2.26.